The van der Waals surface area contributed by atoms with E-state index in [2.05, 4.69) is 17.3 Å². The van der Waals surface area contributed by atoms with Gasteiger partial charge in [-0.05, 0) is 0 Å². The molecule has 1 rings (SSSR count). The number of nitrogens with zero attached hydrogens (tertiary/aromatic N) is 1. The molecule has 0 bridgehead atoms. The molecule has 0 aliphatic heterocycles. The van der Waals surface area contributed by atoms with E-state index in [-0.39, 0.29) is 0 Å². The van der Waals surface area contributed by atoms with E-state index in [4.69, 9.17) is 12.2 Å². The summed E-state index contributed by atoms with van der Waals surface area (Å²) in [5.41, 5.74) is 1.15. The average molecular weight is 258 g/mol. The summed E-state index contributed by atoms with van der Waals surface area (Å²) in [5, 5.41) is 3.08. The van der Waals surface area contributed by atoms with Gasteiger partial charge in [0, 0.05) is 0 Å². The third kappa shape index (κ3) is 2.59. The van der Waals surface area contributed by atoms with Gasteiger partial charge in [-0.2, -0.15) is 0 Å². The van der Waals surface area contributed by atoms with Crippen LogP contribution in [0.2, 0.25) is 0 Å². The van der Waals surface area contributed by atoms with Crippen LogP contribution in [-0.2, 0) is 6.42 Å². The zero-order valence-electron chi connectivity index (χ0n) is 6.03. The van der Waals surface area contributed by atoms with Crippen LogP contribution in [0.4, 0.5) is 0 Å². The van der Waals surface area contributed by atoms with Crippen LogP contribution in [0.1, 0.15) is 17.6 Å². The Morgan fingerprint density at radius 1 is 1.91 bits per heavy atom. The van der Waals surface area contributed by atoms with Crippen LogP contribution in [0.15, 0.2) is 5.38 Å². The second kappa shape index (κ2) is 4.66. The molecular formula is C6H6GaNS3. The molecule has 0 fully saturated rings. The van der Waals surface area contributed by atoms with Gasteiger partial charge in [0.2, 0.25) is 0 Å². The molecule has 2 radical (unpaired) electrons. The Kier molecular flexibility index (Phi) is 4.15. The van der Waals surface area contributed by atoms with Gasteiger partial charge >= 0.3 is 89.2 Å². The maximum absolute atomic E-state index is 5.11. The summed E-state index contributed by atoms with van der Waals surface area (Å²) in [6, 6.07) is 0. The summed E-state index contributed by atoms with van der Waals surface area (Å²) in [5.74, 6) is 0. The van der Waals surface area contributed by atoms with Crippen LogP contribution in [-0.4, -0.2) is 26.6 Å². The second-order valence-corrected chi connectivity index (χ2v) is 5.56. The number of aromatic nitrogens is 1. The molecule has 1 aromatic rings. The molecule has 0 aliphatic rings. The first-order valence-corrected chi connectivity index (χ1v) is 8.27. The summed E-state index contributed by atoms with van der Waals surface area (Å²) < 4.78 is 0.926. The van der Waals surface area contributed by atoms with Gasteiger partial charge < -0.3 is 0 Å². The van der Waals surface area contributed by atoms with Gasteiger partial charge in [-0.3, -0.25) is 0 Å². The molecule has 0 atom stereocenters. The van der Waals surface area contributed by atoms with Gasteiger partial charge in [-0.15, -0.1) is 0 Å². The van der Waals surface area contributed by atoms with Crippen molar-refractivity contribution >= 4 is 54.8 Å². The van der Waals surface area contributed by atoms with Crippen LogP contribution >= 0.6 is 33.3 Å². The molecule has 0 amide bonds. The number of thiocarbonyl (C=S) groups is 1. The maximum atomic E-state index is 5.11. The molecule has 0 N–H and O–H groups in total. The van der Waals surface area contributed by atoms with E-state index in [0.29, 0.717) is 0 Å². The number of thiazole rings is 1. The Morgan fingerprint density at radius 2 is 2.64 bits per heavy atom. The quantitative estimate of drug-likeness (QED) is 0.596. The SMILES string of the molecule is CCc1csc(C(=S)[S][Ga])n1. The molecule has 11 heavy (non-hydrogen) atoms. The standard InChI is InChI=1S/C6H7NS3.Ga/c1-2-4-3-10-5(7-4)6(8)9;/h3H,2H2,1H3,(H,8,9);/q;+1/p-1. The summed E-state index contributed by atoms with van der Waals surface area (Å²) in [6.07, 6.45) is 0.999. The molecule has 1 aromatic heterocycles. The number of aryl methyl sites for hydroxylation is 1. The first-order valence-electron chi connectivity index (χ1n) is 3.13. The predicted molar refractivity (Wildman–Crippen MR) is 56.5 cm³/mol. The van der Waals surface area contributed by atoms with E-state index in [1.807, 2.05) is 0 Å². The van der Waals surface area contributed by atoms with Crippen LogP contribution < -0.4 is 0 Å². The van der Waals surface area contributed by atoms with Gasteiger partial charge in [0.1, 0.15) is 0 Å². The van der Waals surface area contributed by atoms with Gasteiger partial charge in [0.05, 0.1) is 0 Å². The monoisotopic (exact) mass is 257 g/mol. The zero-order valence-corrected chi connectivity index (χ0v) is 10.9. The first-order chi connectivity index (χ1) is 5.27. The van der Waals surface area contributed by atoms with Crippen molar-refractivity contribution in [2.75, 3.05) is 0 Å². The number of hydrogen-bond acceptors (Lipinski definition) is 4. The third-order valence-corrected chi connectivity index (χ3v) is 5.81. The van der Waals surface area contributed by atoms with Crippen molar-refractivity contribution in [1.82, 2.24) is 4.98 Å². The van der Waals surface area contributed by atoms with E-state index < -0.39 is 0 Å². The van der Waals surface area contributed by atoms with E-state index in [9.17, 15) is 0 Å². The van der Waals surface area contributed by atoms with Crippen LogP contribution in [0, 0.1) is 0 Å². The molecule has 0 aliphatic carbocycles. The Labute approximate surface area is 88.7 Å². The van der Waals surface area contributed by atoms with Crippen molar-refractivity contribution in [2.45, 2.75) is 13.3 Å². The molecule has 5 heteroatoms. The molecule has 56 valence electrons. The number of rotatable bonds is 2. The molecule has 0 saturated heterocycles. The fourth-order valence-electron chi connectivity index (χ4n) is 0.614. The van der Waals surface area contributed by atoms with E-state index in [0.717, 1.165) is 21.3 Å². The van der Waals surface area contributed by atoms with Crippen molar-refractivity contribution < 1.29 is 0 Å². The fraction of sp³-hybridized carbons (Fsp3) is 0.333. The molecule has 1 heterocycles. The van der Waals surface area contributed by atoms with Crippen molar-refractivity contribution in [1.29, 1.82) is 0 Å². The molecular weight excluding hydrogens is 252 g/mol. The Balaban J connectivity index is 2.80. The molecule has 0 spiro atoms. The average Bonchev–Trinajstić information content (AvgIpc) is 2.50. The van der Waals surface area contributed by atoms with Gasteiger partial charge in [0.15, 0.2) is 0 Å². The van der Waals surface area contributed by atoms with Crippen molar-refractivity contribution in [3.63, 3.8) is 0 Å². The summed E-state index contributed by atoms with van der Waals surface area (Å²) in [6.45, 7) is 2.10. The van der Waals surface area contributed by atoms with Crippen LogP contribution in [0.3, 0.4) is 0 Å². The van der Waals surface area contributed by atoms with E-state index >= 15 is 0 Å². The van der Waals surface area contributed by atoms with E-state index in [1.165, 1.54) is 0 Å². The van der Waals surface area contributed by atoms with Crippen molar-refractivity contribution in [3.05, 3.63) is 16.1 Å². The third-order valence-electron chi connectivity index (χ3n) is 1.20. The zero-order chi connectivity index (χ0) is 8.27. The Hall–Kier alpha value is 0.706. The minimum atomic E-state index is 0.926. The minimum absolute atomic E-state index is 0.926. The van der Waals surface area contributed by atoms with Crippen LogP contribution in [0.25, 0.3) is 0 Å². The predicted octanol–water partition coefficient (Wildman–Crippen LogP) is 2.20. The molecule has 1 nitrogen and oxygen atoms in total. The topological polar surface area (TPSA) is 12.9 Å². The molecule has 0 unspecified atom stereocenters. The first kappa shape index (κ1) is 9.79. The fourth-order valence-corrected chi connectivity index (χ4v) is 3.21. The Bertz CT molecular complexity index is 258. The van der Waals surface area contributed by atoms with Crippen LogP contribution in [0.5, 0.6) is 0 Å². The molecule has 0 saturated carbocycles. The summed E-state index contributed by atoms with van der Waals surface area (Å²) >= 11 is 8.32. The molecule has 0 aromatic carbocycles. The number of hydrogen-bond donors (Lipinski definition) is 0. The summed E-state index contributed by atoms with van der Waals surface area (Å²) in [7, 11) is 1.64. The van der Waals surface area contributed by atoms with Gasteiger partial charge in [-0.25, -0.2) is 0 Å². The van der Waals surface area contributed by atoms with E-state index in [1.54, 1.807) is 38.4 Å². The van der Waals surface area contributed by atoms with Gasteiger partial charge in [0.25, 0.3) is 0 Å². The van der Waals surface area contributed by atoms with Crippen molar-refractivity contribution in [3.8, 4) is 0 Å². The van der Waals surface area contributed by atoms with Gasteiger partial charge in [-0.1, -0.05) is 0 Å². The Morgan fingerprint density at radius 3 is 3.09 bits per heavy atom. The normalized spacial score (nSPS) is 9.91. The van der Waals surface area contributed by atoms with Crippen molar-refractivity contribution in [2.24, 2.45) is 0 Å². The second-order valence-electron chi connectivity index (χ2n) is 1.90. The summed E-state index contributed by atoms with van der Waals surface area (Å²) in [4.78, 5) is 4.37.